The quantitative estimate of drug-likeness (QED) is 0.937. The van der Waals surface area contributed by atoms with Crippen molar-refractivity contribution in [2.45, 2.75) is 45.2 Å². The van der Waals surface area contributed by atoms with Crippen LogP contribution >= 0.6 is 0 Å². The highest BCUT2D eigenvalue weighted by Crippen LogP contribution is 2.24. The summed E-state index contributed by atoms with van der Waals surface area (Å²) in [5.74, 6) is 0.765. The van der Waals surface area contributed by atoms with E-state index in [0.29, 0.717) is 6.04 Å². The van der Waals surface area contributed by atoms with Crippen LogP contribution in [-0.2, 0) is 6.54 Å². The first-order valence-electron chi connectivity index (χ1n) is 7.91. The van der Waals surface area contributed by atoms with Gasteiger partial charge in [-0.05, 0) is 37.9 Å². The smallest absolute Gasteiger partial charge is 0.131 e. The largest absolute Gasteiger partial charge is 0.383 e. The Morgan fingerprint density at radius 1 is 1.24 bits per heavy atom. The second-order valence-electron chi connectivity index (χ2n) is 5.83. The second kappa shape index (κ2) is 6.31. The molecule has 2 heterocycles. The molecule has 112 valence electrons. The van der Waals surface area contributed by atoms with Gasteiger partial charge in [0.15, 0.2) is 0 Å². The van der Waals surface area contributed by atoms with Gasteiger partial charge in [-0.2, -0.15) is 5.10 Å². The summed E-state index contributed by atoms with van der Waals surface area (Å²) in [5.41, 5.74) is 8.47. The Balaban J connectivity index is 1.79. The van der Waals surface area contributed by atoms with Gasteiger partial charge in [0.2, 0.25) is 0 Å². The van der Waals surface area contributed by atoms with Crippen LogP contribution in [0.4, 0.5) is 5.82 Å². The Morgan fingerprint density at radius 3 is 2.81 bits per heavy atom. The lowest BCUT2D eigenvalue weighted by Gasteiger charge is -2.35. The predicted octanol–water partition coefficient (Wildman–Crippen LogP) is 3.22. The van der Waals surface area contributed by atoms with E-state index in [9.17, 15) is 0 Å². The van der Waals surface area contributed by atoms with E-state index >= 15 is 0 Å². The number of hydrogen-bond acceptors (Lipinski definition) is 3. The molecule has 0 spiro atoms. The molecule has 1 unspecified atom stereocenters. The molecule has 0 saturated carbocycles. The summed E-state index contributed by atoms with van der Waals surface area (Å²) in [6.07, 6.45) is 7.09. The second-order valence-corrected chi connectivity index (χ2v) is 5.83. The Hall–Kier alpha value is -1.81. The SMILES string of the molecule is CCC1CCCCN1Cc1cnn(-c2ccccc2)c1N. The Morgan fingerprint density at radius 2 is 2.05 bits per heavy atom. The summed E-state index contributed by atoms with van der Waals surface area (Å²) >= 11 is 0. The summed E-state index contributed by atoms with van der Waals surface area (Å²) in [6, 6.07) is 10.8. The zero-order valence-corrected chi connectivity index (χ0v) is 12.7. The van der Waals surface area contributed by atoms with Gasteiger partial charge in [-0.1, -0.05) is 31.5 Å². The average Bonchev–Trinajstić information content (AvgIpc) is 2.90. The van der Waals surface area contributed by atoms with Gasteiger partial charge in [0.05, 0.1) is 11.9 Å². The van der Waals surface area contributed by atoms with E-state index in [-0.39, 0.29) is 0 Å². The van der Waals surface area contributed by atoms with Gasteiger partial charge in [-0.25, -0.2) is 4.68 Å². The molecule has 0 radical (unpaired) electrons. The minimum atomic E-state index is 0.693. The molecule has 1 aromatic carbocycles. The van der Waals surface area contributed by atoms with Gasteiger partial charge >= 0.3 is 0 Å². The number of hydrogen-bond donors (Lipinski definition) is 1. The molecule has 1 aliphatic rings. The molecule has 0 aliphatic carbocycles. The van der Waals surface area contributed by atoms with Crippen LogP contribution in [0.1, 0.15) is 38.2 Å². The van der Waals surface area contributed by atoms with E-state index < -0.39 is 0 Å². The normalized spacial score (nSPS) is 19.8. The van der Waals surface area contributed by atoms with Gasteiger partial charge in [-0.15, -0.1) is 0 Å². The minimum absolute atomic E-state index is 0.693. The van der Waals surface area contributed by atoms with Gasteiger partial charge in [0.25, 0.3) is 0 Å². The van der Waals surface area contributed by atoms with Crippen molar-refractivity contribution in [2.24, 2.45) is 0 Å². The molecule has 4 nitrogen and oxygen atoms in total. The highest BCUT2D eigenvalue weighted by Gasteiger charge is 2.22. The Labute approximate surface area is 126 Å². The number of nitrogens with two attached hydrogens (primary N) is 1. The molecule has 0 amide bonds. The van der Waals surface area contributed by atoms with Crippen molar-refractivity contribution < 1.29 is 0 Å². The minimum Gasteiger partial charge on any atom is -0.383 e. The molecule has 1 aromatic heterocycles. The molecule has 1 aliphatic heterocycles. The fourth-order valence-corrected chi connectivity index (χ4v) is 3.24. The third-order valence-corrected chi connectivity index (χ3v) is 4.48. The molecule has 3 rings (SSSR count). The lowest BCUT2D eigenvalue weighted by molar-refractivity contribution is 0.136. The number of benzene rings is 1. The third-order valence-electron chi connectivity index (χ3n) is 4.48. The van der Waals surface area contributed by atoms with Crippen LogP contribution in [-0.4, -0.2) is 27.3 Å². The standard InChI is InChI=1S/C17H24N4/c1-2-15-8-6-7-11-20(15)13-14-12-19-21(17(14)18)16-9-4-3-5-10-16/h3-5,9-10,12,15H,2,6-8,11,13,18H2,1H3. The first-order chi connectivity index (χ1) is 10.3. The maximum absolute atomic E-state index is 6.31. The van der Waals surface area contributed by atoms with Crippen molar-refractivity contribution in [3.8, 4) is 5.69 Å². The predicted molar refractivity (Wildman–Crippen MR) is 86.3 cm³/mol. The maximum atomic E-state index is 6.31. The maximum Gasteiger partial charge on any atom is 0.131 e. The number of piperidine rings is 1. The topological polar surface area (TPSA) is 47.1 Å². The van der Waals surface area contributed by atoms with Crippen molar-refractivity contribution in [1.82, 2.24) is 14.7 Å². The molecular weight excluding hydrogens is 260 g/mol. The molecular formula is C17H24N4. The fourth-order valence-electron chi connectivity index (χ4n) is 3.24. The van der Waals surface area contributed by atoms with Crippen LogP contribution in [0.25, 0.3) is 5.69 Å². The van der Waals surface area contributed by atoms with Crippen LogP contribution in [0.5, 0.6) is 0 Å². The molecule has 1 atom stereocenters. The number of rotatable bonds is 4. The van der Waals surface area contributed by atoms with Crippen LogP contribution in [0.15, 0.2) is 36.5 Å². The molecule has 1 fully saturated rings. The number of nitrogen functional groups attached to an aromatic ring is 1. The molecule has 21 heavy (non-hydrogen) atoms. The molecule has 1 saturated heterocycles. The van der Waals surface area contributed by atoms with E-state index in [1.807, 2.05) is 41.2 Å². The first-order valence-corrected chi connectivity index (χ1v) is 7.91. The average molecular weight is 284 g/mol. The highest BCUT2D eigenvalue weighted by atomic mass is 15.3. The van der Waals surface area contributed by atoms with Gasteiger partial charge in [0.1, 0.15) is 5.82 Å². The summed E-state index contributed by atoms with van der Waals surface area (Å²) in [4.78, 5) is 2.56. The molecule has 2 aromatic rings. The van der Waals surface area contributed by atoms with Gasteiger partial charge in [0, 0.05) is 18.2 Å². The van der Waals surface area contributed by atoms with E-state index in [4.69, 9.17) is 5.73 Å². The number of nitrogens with zero attached hydrogens (tertiary/aromatic N) is 3. The number of aromatic nitrogens is 2. The van der Waals surface area contributed by atoms with Crippen LogP contribution in [0.3, 0.4) is 0 Å². The van der Waals surface area contributed by atoms with Crippen molar-refractivity contribution >= 4 is 5.82 Å². The van der Waals surface area contributed by atoms with Crippen molar-refractivity contribution in [1.29, 1.82) is 0 Å². The van der Waals surface area contributed by atoms with E-state index in [2.05, 4.69) is 16.9 Å². The molecule has 0 bridgehead atoms. The van der Waals surface area contributed by atoms with Crippen LogP contribution in [0.2, 0.25) is 0 Å². The van der Waals surface area contributed by atoms with E-state index in [1.54, 1.807) is 0 Å². The van der Waals surface area contributed by atoms with Crippen LogP contribution < -0.4 is 5.73 Å². The Bertz CT molecular complexity index is 576. The van der Waals surface area contributed by atoms with Crippen LogP contribution in [0, 0.1) is 0 Å². The summed E-state index contributed by atoms with van der Waals surface area (Å²) in [7, 11) is 0. The van der Waals surface area contributed by atoms with Crippen molar-refractivity contribution in [3.63, 3.8) is 0 Å². The lowest BCUT2D eigenvalue weighted by Crippen LogP contribution is -2.38. The highest BCUT2D eigenvalue weighted by molar-refractivity contribution is 5.46. The fraction of sp³-hybridized carbons (Fsp3) is 0.471. The monoisotopic (exact) mass is 284 g/mol. The first kappa shape index (κ1) is 14.1. The van der Waals surface area contributed by atoms with Crippen molar-refractivity contribution in [3.05, 3.63) is 42.1 Å². The summed E-state index contributed by atoms with van der Waals surface area (Å²) in [6.45, 7) is 4.37. The molecule has 2 N–H and O–H groups in total. The Kier molecular flexibility index (Phi) is 4.25. The molecule has 4 heteroatoms. The zero-order valence-electron chi connectivity index (χ0n) is 12.7. The van der Waals surface area contributed by atoms with Crippen molar-refractivity contribution in [2.75, 3.05) is 12.3 Å². The van der Waals surface area contributed by atoms with Gasteiger partial charge < -0.3 is 5.73 Å². The van der Waals surface area contributed by atoms with E-state index in [0.717, 1.165) is 23.6 Å². The van der Waals surface area contributed by atoms with Gasteiger partial charge in [-0.3, -0.25) is 4.90 Å². The summed E-state index contributed by atoms with van der Waals surface area (Å²) in [5, 5.41) is 4.47. The van der Waals surface area contributed by atoms with E-state index in [1.165, 1.54) is 32.2 Å². The third kappa shape index (κ3) is 2.95. The lowest BCUT2D eigenvalue weighted by atomic mass is 9.99. The number of anilines is 1. The number of para-hydroxylation sites is 1. The number of likely N-dealkylation sites (tertiary alicyclic amines) is 1. The summed E-state index contributed by atoms with van der Waals surface area (Å²) < 4.78 is 1.83. The zero-order chi connectivity index (χ0) is 14.7.